The van der Waals surface area contributed by atoms with Crippen LogP contribution in [0.2, 0.25) is 0 Å². The molecule has 1 aliphatic heterocycles. The standard InChI is InChI=1S/C16H31NO2/c1-5-18-11-10-17-8-6-16(7-9-17)12-14(13-16)19-15(2,3)4/h14H,5-13H2,1-4H3. The van der Waals surface area contributed by atoms with E-state index in [0.717, 1.165) is 19.8 Å². The van der Waals surface area contributed by atoms with E-state index in [1.807, 2.05) is 0 Å². The van der Waals surface area contributed by atoms with Crippen LogP contribution in [0.3, 0.4) is 0 Å². The first-order valence-electron chi connectivity index (χ1n) is 7.90. The molecule has 0 aromatic heterocycles. The highest BCUT2D eigenvalue weighted by atomic mass is 16.5. The fraction of sp³-hybridized carbons (Fsp3) is 1.00. The van der Waals surface area contributed by atoms with Crippen LogP contribution >= 0.6 is 0 Å². The van der Waals surface area contributed by atoms with Crippen molar-refractivity contribution in [3.05, 3.63) is 0 Å². The Labute approximate surface area is 118 Å². The Morgan fingerprint density at radius 3 is 2.32 bits per heavy atom. The van der Waals surface area contributed by atoms with Gasteiger partial charge in [0.1, 0.15) is 0 Å². The largest absolute Gasteiger partial charge is 0.380 e. The summed E-state index contributed by atoms with van der Waals surface area (Å²) in [7, 11) is 0. The second-order valence-electron chi connectivity index (χ2n) is 7.30. The van der Waals surface area contributed by atoms with Crippen molar-refractivity contribution in [1.82, 2.24) is 4.90 Å². The molecule has 2 aliphatic rings. The zero-order chi connectivity index (χ0) is 13.9. The quantitative estimate of drug-likeness (QED) is 0.716. The van der Waals surface area contributed by atoms with E-state index in [2.05, 4.69) is 32.6 Å². The minimum absolute atomic E-state index is 0.0183. The molecule has 2 fully saturated rings. The van der Waals surface area contributed by atoms with Crippen LogP contribution in [0.15, 0.2) is 0 Å². The molecule has 0 unspecified atom stereocenters. The summed E-state index contributed by atoms with van der Waals surface area (Å²) in [6.07, 6.45) is 5.77. The Balaban J connectivity index is 1.65. The molecule has 1 saturated heterocycles. The molecule has 3 nitrogen and oxygen atoms in total. The van der Waals surface area contributed by atoms with E-state index in [9.17, 15) is 0 Å². The monoisotopic (exact) mass is 269 g/mol. The molecule has 0 atom stereocenters. The van der Waals surface area contributed by atoms with Gasteiger partial charge in [-0.25, -0.2) is 0 Å². The van der Waals surface area contributed by atoms with E-state index in [-0.39, 0.29) is 5.60 Å². The molecule has 3 heteroatoms. The van der Waals surface area contributed by atoms with E-state index >= 15 is 0 Å². The summed E-state index contributed by atoms with van der Waals surface area (Å²) in [6, 6.07) is 0. The molecule has 1 heterocycles. The molecule has 0 aromatic rings. The Morgan fingerprint density at radius 2 is 1.79 bits per heavy atom. The summed E-state index contributed by atoms with van der Waals surface area (Å²) < 4.78 is 11.5. The molecular formula is C16H31NO2. The first-order valence-corrected chi connectivity index (χ1v) is 7.90. The van der Waals surface area contributed by atoms with E-state index in [1.165, 1.54) is 38.8 Å². The molecule has 0 N–H and O–H groups in total. The Hall–Kier alpha value is -0.120. The lowest BCUT2D eigenvalue weighted by atomic mass is 9.61. The van der Waals surface area contributed by atoms with Crippen LogP contribution in [0.5, 0.6) is 0 Å². The van der Waals surface area contributed by atoms with Gasteiger partial charge in [0.25, 0.3) is 0 Å². The normalized spacial score (nSPS) is 24.6. The molecule has 0 amide bonds. The number of hydrogen-bond donors (Lipinski definition) is 0. The lowest BCUT2D eigenvalue weighted by molar-refractivity contribution is -0.156. The van der Waals surface area contributed by atoms with Crippen molar-refractivity contribution in [2.75, 3.05) is 32.8 Å². The second kappa shape index (κ2) is 6.11. The van der Waals surface area contributed by atoms with Crippen molar-refractivity contribution in [2.24, 2.45) is 5.41 Å². The predicted octanol–water partition coefficient (Wildman–Crippen LogP) is 3.08. The van der Waals surface area contributed by atoms with Gasteiger partial charge in [0.2, 0.25) is 0 Å². The summed E-state index contributed by atoms with van der Waals surface area (Å²) in [4.78, 5) is 2.55. The molecule has 2 rings (SSSR count). The number of rotatable bonds is 5. The average molecular weight is 269 g/mol. The van der Waals surface area contributed by atoms with Crippen LogP contribution in [-0.4, -0.2) is 49.5 Å². The third kappa shape index (κ3) is 4.44. The van der Waals surface area contributed by atoms with Crippen molar-refractivity contribution in [3.63, 3.8) is 0 Å². The van der Waals surface area contributed by atoms with Gasteiger partial charge < -0.3 is 14.4 Å². The van der Waals surface area contributed by atoms with Crippen LogP contribution in [0.25, 0.3) is 0 Å². The van der Waals surface area contributed by atoms with Crippen molar-refractivity contribution >= 4 is 0 Å². The molecule has 1 saturated carbocycles. The third-order valence-corrected chi connectivity index (χ3v) is 4.51. The maximum absolute atomic E-state index is 6.07. The van der Waals surface area contributed by atoms with Crippen LogP contribution < -0.4 is 0 Å². The van der Waals surface area contributed by atoms with Crippen molar-refractivity contribution < 1.29 is 9.47 Å². The zero-order valence-electron chi connectivity index (χ0n) is 13.2. The second-order valence-corrected chi connectivity index (χ2v) is 7.30. The third-order valence-electron chi connectivity index (χ3n) is 4.51. The van der Waals surface area contributed by atoms with E-state index in [0.29, 0.717) is 11.5 Å². The summed E-state index contributed by atoms with van der Waals surface area (Å²) in [5.41, 5.74) is 0.627. The van der Waals surface area contributed by atoms with Gasteiger partial charge in [-0.3, -0.25) is 0 Å². The van der Waals surface area contributed by atoms with Crippen LogP contribution in [0.4, 0.5) is 0 Å². The highest BCUT2D eigenvalue weighted by Crippen LogP contribution is 2.51. The minimum atomic E-state index is 0.0183. The highest BCUT2D eigenvalue weighted by Gasteiger charge is 2.47. The summed E-state index contributed by atoms with van der Waals surface area (Å²) >= 11 is 0. The van der Waals surface area contributed by atoms with Gasteiger partial charge in [-0.05, 0) is 71.9 Å². The molecule has 1 aliphatic carbocycles. The Kier molecular flexibility index (Phi) is 4.91. The average Bonchev–Trinajstić information content (AvgIpc) is 2.28. The predicted molar refractivity (Wildman–Crippen MR) is 78.5 cm³/mol. The number of nitrogens with zero attached hydrogens (tertiary/aromatic N) is 1. The fourth-order valence-corrected chi connectivity index (χ4v) is 3.49. The van der Waals surface area contributed by atoms with Gasteiger partial charge >= 0.3 is 0 Å². The lowest BCUT2D eigenvalue weighted by Crippen LogP contribution is -2.51. The van der Waals surface area contributed by atoms with E-state index in [1.54, 1.807) is 0 Å². The molecule has 19 heavy (non-hydrogen) atoms. The lowest BCUT2D eigenvalue weighted by Gasteiger charge is -2.53. The van der Waals surface area contributed by atoms with Crippen molar-refractivity contribution in [3.8, 4) is 0 Å². The summed E-state index contributed by atoms with van der Waals surface area (Å²) in [5, 5.41) is 0. The minimum Gasteiger partial charge on any atom is -0.380 e. The highest BCUT2D eigenvalue weighted by molar-refractivity contribution is 4.98. The van der Waals surface area contributed by atoms with Gasteiger partial charge in [0, 0.05) is 13.2 Å². The van der Waals surface area contributed by atoms with Gasteiger partial charge in [-0.15, -0.1) is 0 Å². The van der Waals surface area contributed by atoms with Gasteiger partial charge in [0.15, 0.2) is 0 Å². The summed E-state index contributed by atoms with van der Waals surface area (Å²) in [6.45, 7) is 13.9. The van der Waals surface area contributed by atoms with Crippen LogP contribution in [0.1, 0.15) is 53.4 Å². The van der Waals surface area contributed by atoms with E-state index in [4.69, 9.17) is 9.47 Å². The number of ether oxygens (including phenoxy) is 2. The first kappa shape index (κ1) is 15.3. The van der Waals surface area contributed by atoms with Gasteiger partial charge in [-0.2, -0.15) is 0 Å². The number of piperidine rings is 1. The molecule has 0 radical (unpaired) electrons. The number of likely N-dealkylation sites (tertiary alicyclic amines) is 1. The first-order chi connectivity index (χ1) is 8.92. The maximum Gasteiger partial charge on any atom is 0.0602 e. The smallest absolute Gasteiger partial charge is 0.0602 e. The van der Waals surface area contributed by atoms with Crippen LogP contribution in [-0.2, 0) is 9.47 Å². The molecule has 0 bridgehead atoms. The molecular weight excluding hydrogens is 238 g/mol. The maximum atomic E-state index is 6.07. The van der Waals surface area contributed by atoms with Gasteiger partial charge in [-0.1, -0.05) is 0 Å². The Morgan fingerprint density at radius 1 is 1.16 bits per heavy atom. The zero-order valence-corrected chi connectivity index (χ0v) is 13.2. The van der Waals surface area contributed by atoms with Crippen LogP contribution in [0, 0.1) is 5.41 Å². The molecule has 0 aromatic carbocycles. The van der Waals surface area contributed by atoms with Crippen molar-refractivity contribution in [1.29, 1.82) is 0 Å². The summed E-state index contributed by atoms with van der Waals surface area (Å²) in [5.74, 6) is 0. The SMILES string of the molecule is CCOCCN1CCC2(CC1)CC(OC(C)(C)C)C2. The van der Waals surface area contributed by atoms with Crippen molar-refractivity contribution in [2.45, 2.75) is 65.1 Å². The molecule has 1 spiro atoms. The Bertz CT molecular complexity index is 269. The van der Waals surface area contributed by atoms with Gasteiger partial charge in [0.05, 0.1) is 18.3 Å². The fourth-order valence-electron chi connectivity index (χ4n) is 3.49. The number of hydrogen-bond acceptors (Lipinski definition) is 3. The molecule has 112 valence electrons. The topological polar surface area (TPSA) is 21.7 Å². The van der Waals surface area contributed by atoms with E-state index < -0.39 is 0 Å².